The first-order valence-electron chi connectivity index (χ1n) is 7.04. The van der Waals surface area contributed by atoms with Crippen LogP contribution in [0.15, 0.2) is 24.3 Å². The standard InChI is InChI=1S/C15H20N2OS/c18-15(17-10-12-4-3-7-19-12)8-11-9-16-14-6-2-1-5-13(11)14/h1-2,5-6,11-12,16H,3-4,7-10H2,(H,17,18). The van der Waals surface area contributed by atoms with E-state index in [0.29, 0.717) is 17.6 Å². The fourth-order valence-corrected chi connectivity index (χ4v) is 4.07. The van der Waals surface area contributed by atoms with Crippen LogP contribution in [0.3, 0.4) is 0 Å². The Morgan fingerprint density at radius 1 is 1.42 bits per heavy atom. The number of thioether (sulfide) groups is 1. The maximum Gasteiger partial charge on any atom is 0.220 e. The van der Waals surface area contributed by atoms with E-state index in [1.165, 1.54) is 29.8 Å². The molecule has 1 amide bonds. The molecule has 2 N–H and O–H groups in total. The molecule has 0 aliphatic carbocycles. The predicted molar refractivity (Wildman–Crippen MR) is 80.8 cm³/mol. The Kier molecular flexibility index (Phi) is 3.97. The second-order valence-electron chi connectivity index (χ2n) is 5.31. The molecule has 2 atom stereocenters. The van der Waals surface area contributed by atoms with E-state index in [4.69, 9.17) is 0 Å². The largest absolute Gasteiger partial charge is 0.384 e. The molecule has 3 nitrogen and oxygen atoms in total. The van der Waals surface area contributed by atoms with Crippen molar-refractivity contribution in [1.82, 2.24) is 5.32 Å². The number of hydrogen-bond acceptors (Lipinski definition) is 3. The molecule has 0 aromatic heterocycles. The Hall–Kier alpha value is -1.16. The number of fused-ring (bicyclic) bond motifs is 1. The van der Waals surface area contributed by atoms with Gasteiger partial charge in [-0.1, -0.05) is 18.2 Å². The molecule has 3 rings (SSSR count). The van der Waals surface area contributed by atoms with Crippen molar-refractivity contribution in [3.8, 4) is 0 Å². The van der Waals surface area contributed by atoms with E-state index in [-0.39, 0.29) is 5.91 Å². The van der Waals surface area contributed by atoms with Gasteiger partial charge in [-0.2, -0.15) is 11.8 Å². The number of amides is 1. The highest BCUT2D eigenvalue weighted by Gasteiger charge is 2.24. The molecule has 102 valence electrons. The highest BCUT2D eigenvalue weighted by Crippen LogP contribution is 2.33. The van der Waals surface area contributed by atoms with E-state index in [2.05, 4.69) is 22.8 Å². The van der Waals surface area contributed by atoms with Crippen molar-refractivity contribution in [3.05, 3.63) is 29.8 Å². The summed E-state index contributed by atoms with van der Waals surface area (Å²) in [7, 11) is 0. The van der Waals surface area contributed by atoms with Crippen LogP contribution in [0.25, 0.3) is 0 Å². The molecule has 1 fully saturated rings. The number of benzene rings is 1. The highest BCUT2D eigenvalue weighted by atomic mass is 32.2. The minimum atomic E-state index is 0.191. The molecule has 2 heterocycles. The van der Waals surface area contributed by atoms with Crippen LogP contribution in [-0.4, -0.2) is 30.0 Å². The average Bonchev–Trinajstić information content (AvgIpc) is 3.07. The van der Waals surface area contributed by atoms with Crippen LogP contribution in [0, 0.1) is 0 Å². The maximum absolute atomic E-state index is 12.0. The zero-order valence-corrected chi connectivity index (χ0v) is 11.8. The monoisotopic (exact) mass is 276 g/mol. The molecule has 1 aromatic carbocycles. The zero-order chi connectivity index (χ0) is 13.1. The van der Waals surface area contributed by atoms with Crippen molar-refractivity contribution < 1.29 is 4.79 Å². The third-order valence-corrected chi connectivity index (χ3v) is 5.32. The van der Waals surface area contributed by atoms with Crippen LogP contribution >= 0.6 is 11.8 Å². The van der Waals surface area contributed by atoms with Gasteiger partial charge >= 0.3 is 0 Å². The molecule has 1 saturated heterocycles. The lowest BCUT2D eigenvalue weighted by Gasteiger charge is -2.13. The number of nitrogens with one attached hydrogen (secondary N) is 2. The molecule has 0 radical (unpaired) electrons. The van der Waals surface area contributed by atoms with Crippen molar-refractivity contribution in [2.45, 2.75) is 30.4 Å². The first-order valence-corrected chi connectivity index (χ1v) is 8.09. The van der Waals surface area contributed by atoms with Gasteiger partial charge in [0.15, 0.2) is 0 Å². The first-order chi connectivity index (χ1) is 9.33. The fourth-order valence-electron chi connectivity index (χ4n) is 2.87. The van der Waals surface area contributed by atoms with Crippen LogP contribution in [0.5, 0.6) is 0 Å². The van der Waals surface area contributed by atoms with Crippen LogP contribution < -0.4 is 10.6 Å². The van der Waals surface area contributed by atoms with Crippen molar-refractivity contribution in [1.29, 1.82) is 0 Å². The molecule has 4 heteroatoms. The highest BCUT2D eigenvalue weighted by molar-refractivity contribution is 8.00. The van der Waals surface area contributed by atoms with Crippen molar-refractivity contribution in [2.75, 3.05) is 24.2 Å². The summed E-state index contributed by atoms with van der Waals surface area (Å²) in [6.07, 6.45) is 3.14. The molecular weight excluding hydrogens is 256 g/mol. The second-order valence-corrected chi connectivity index (χ2v) is 6.72. The van der Waals surface area contributed by atoms with E-state index < -0.39 is 0 Å². The number of carbonyl (C=O) groups is 1. The summed E-state index contributed by atoms with van der Waals surface area (Å²) < 4.78 is 0. The van der Waals surface area contributed by atoms with Crippen LogP contribution in [0.1, 0.15) is 30.7 Å². The topological polar surface area (TPSA) is 41.1 Å². The molecule has 0 bridgehead atoms. The molecule has 0 saturated carbocycles. The lowest BCUT2D eigenvalue weighted by atomic mass is 9.97. The van der Waals surface area contributed by atoms with Gasteiger partial charge in [0.25, 0.3) is 0 Å². The smallest absolute Gasteiger partial charge is 0.220 e. The number of rotatable bonds is 4. The molecule has 2 unspecified atom stereocenters. The summed E-state index contributed by atoms with van der Waals surface area (Å²) in [6.45, 7) is 1.72. The van der Waals surface area contributed by atoms with E-state index in [0.717, 1.165) is 13.1 Å². The Morgan fingerprint density at radius 2 is 2.32 bits per heavy atom. The lowest BCUT2D eigenvalue weighted by Crippen LogP contribution is -2.31. The van der Waals surface area contributed by atoms with Gasteiger partial charge in [0.1, 0.15) is 0 Å². The minimum Gasteiger partial charge on any atom is -0.384 e. The summed E-state index contributed by atoms with van der Waals surface area (Å²) in [5, 5.41) is 7.10. The summed E-state index contributed by atoms with van der Waals surface area (Å²) in [4.78, 5) is 12.0. The molecule has 2 aliphatic rings. The predicted octanol–water partition coefficient (Wildman–Crippen LogP) is 2.60. The van der Waals surface area contributed by atoms with Gasteiger partial charge < -0.3 is 10.6 Å². The van der Waals surface area contributed by atoms with Crippen LogP contribution in [0.2, 0.25) is 0 Å². The normalized spacial score (nSPS) is 24.8. The van der Waals surface area contributed by atoms with Gasteiger partial charge in [0.2, 0.25) is 5.91 Å². The Labute approximate surface area is 118 Å². The van der Waals surface area contributed by atoms with Gasteiger partial charge in [0.05, 0.1) is 0 Å². The van der Waals surface area contributed by atoms with E-state index in [1.807, 2.05) is 23.9 Å². The molecule has 0 spiro atoms. The SMILES string of the molecule is O=C(CC1CNc2ccccc21)NCC1CCCS1. The van der Waals surface area contributed by atoms with E-state index in [9.17, 15) is 4.79 Å². The van der Waals surface area contributed by atoms with Gasteiger partial charge in [-0.3, -0.25) is 4.79 Å². The molecule has 19 heavy (non-hydrogen) atoms. The molecule has 1 aromatic rings. The number of carbonyl (C=O) groups excluding carboxylic acids is 1. The first kappa shape index (κ1) is 12.9. The summed E-state index contributed by atoms with van der Waals surface area (Å²) in [5.74, 6) is 1.77. The minimum absolute atomic E-state index is 0.191. The lowest BCUT2D eigenvalue weighted by molar-refractivity contribution is -0.121. The quantitative estimate of drug-likeness (QED) is 0.888. The van der Waals surface area contributed by atoms with Crippen LogP contribution in [0.4, 0.5) is 5.69 Å². The van der Waals surface area contributed by atoms with E-state index >= 15 is 0 Å². The van der Waals surface area contributed by atoms with Crippen LogP contribution in [-0.2, 0) is 4.79 Å². The van der Waals surface area contributed by atoms with Gasteiger partial charge in [-0.15, -0.1) is 0 Å². The summed E-state index contributed by atoms with van der Waals surface area (Å²) in [5.41, 5.74) is 2.47. The average molecular weight is 276 g/mol. The maximum atomic E-state index is 12.0. The van der Waals surface area contributed by atoms with Gasteiger partial charge in [-0.05, 0) is 30.2 Å². The van der Waals surface area contributed by atoms with Gasteiger partial charge in [0, 0.05) is 36.4 Å². The fraction of sp³-hybridized carbons (Fsp3) is 0.533. The summed E-state index contributed by atoms with van der Waals surface area (Å²) >= 11 is 1.99. The van der Waals surface area contributed by atoms with Crippen molar-refractivity contribution >= 4 is 23.4 Å². The third-order valence-electron chi connectivity index (χ3n) is 3.92. The van der Waals surface area contributed by atoms with Gasteiger partial charge in [-0.25, -0.2) is 0 Å². The Morgan fingerprint density at radius 3 is 3.16 bits per heavy atom. The molecule has 2 aliphatic heterocycles. The number of para-hydroxylation sites is 1. The van der Waals surface area contributed by atoms with Crippen molar-refractivity contribution in [3.63, 3.8) is 0 Å². The molecular formula is C15H20N2OS. The van der Waals surface area contributed by atoms with E-state index in [1.54, 1.807) is 0 Å². The second kappa shape index (κ2) is 5.87. The number of hydrogen-bond donors (Lipinski definition) is 2. The Bertz CT molecular complexity index is 457. The zero-order valence-electron chi connectivity index (χ0n) is 11.0. The Balaban J connectivity index is 1.50. The number of anilines is 1. The van der Waals surface area contributed by atoms with Crippen molar-refractivity contribution in [2.24, 2.45) is 0 Å². The third kappa shape index (κ3) is 3.06. The summed E-state index contributed by atoms with van der Waals surface area (Å²) in [6, 6.07) is 8.29.